The Morgan fingerprint density at radius 2 is 1.72 bits per heavy atom. The molecule has 4 saturated carbocycles. The fourth-order valence-electron chi connectivity index (χ4n) is 9.59. The van der Waals surface area contributed by atoms with Gasteiger partial charge in [-0.1, -0.05) is 34.6 Å². The highest BCUT2D eigenvalue weighted by Gasteiger charge is 2.60. The molecular weight excluding hydrogens is 450 g/mol. The lowest BCUT2D eigenvalue weighted by molar-refractivity contribution is -0.166. The molecular formula is C31H53NO4. The second-order valence-electron chi connectivity index (χ2n) is 13.6. The van der Waals surface area contributed by atoms with Crippen molar-refractivity contribution >= 4 is 11.9 Å². The molecule has 0 radical (unpaired) electrons. The predicted molar refractivity (Wildman–Crippen MR) is 143 cm³/mol. The van der Waals surface area contributed by atoms with Gasteiger partial charge in [0.2, 0.25) is 5.91 Å². The second-order valence-corrected chi connectivity index (χ2v) is 13.6. The molecule has 0 saturated heterocycles. The molecule has 0 aromatic rings. The minimum absolute atomic E-state index is 0.00483. The van der Waals surface area contributed by atoms with E-state index in [1.807, 2.05) is 6.92 Å². The highest BCUT2D eigenvalue weighted by molar-refractivity contribution is 5.75. The molecule has 5 heteroatoms. The predicted octanol–water partition coefficient (Wildman–Crippen LogP) is 6.13. The zero-order valence-electron chi connectivity index (χ0n) is 23.7. The van der Waals surface area contributed by atoms with Crippen molar-refractivity contribution in [2.24, 2.45) is 52.3 Å². The highest BCUT2D eigenvalue weighted by atomic mass is 16.5. The van der Waals surface area contributed by atoms with E-state index in [9.17, 15) is 9.59 Å². The van der Waals surface area contributed by atoms with E-state index in [-0.39, 0.29) is 30.5 Å². The third-order valence-electron chi connectivity index (χ3n) is 11.9. The number of aliphatic hydroxyl groups is 1. The Balaban J connectivity index is 1.37. The summed E-state index contributed by atoms with van der Waals surface area (Å²) in [6.07, 6.45) is 13.8. The van der Waals surface area contributed by atoms with Gasteiger partial charge in [0.1, 0.15) is 6.10 Å². The number of nitrogens with one attached hydrogen (secondary N) is 1. The number of amides is 1. The standard InChI is InChI=1S/C31H53NO4/c1-6-20(2)29(35)36-23-13-15-30(4)22(19-23)8-9-24-26-11-10-25(31(26,5)16-14-27(24)30)21(3)7-12-28(34)32-17-18-33/h20-27,33H,6-19H2,1-5H3,(H,32,34). The Labute approximate surface area is 219 Å². The number of carbonyl (C=O) groups excluding carboxylic acids is 2. The van der Waals surface area contributed by atoms with E-state index < -0.39 is 0 Å². The van der Waals surface area contributed by atoms with Gasteiger partial charge in [-0.15, -0.1) is 0 Å². The Hall–Kier alpha value is -1.10. The van der Waals surface area contributed by atoms with Crippen LogP contribution in [0.4, 0.5) is 0 Å². The first kappa shape index (κ1) is 27.9. The molecule has 0 spiro atoms. The topological polar surface area (TPSA) is 75.6 Å². The zero-order valence-corrected chi connectivity index (χ0v) is 23.7. The first-order valence-electron chi connectivity index (χ1n) is 15.2. The van der Waals surface area contributed by atoms with Crippen LogP contribution in [0, 0.1) is 52.3 Å². The van der Waals surface area contributed by atoms with Crippen molar-refractivity contribution in [1.82, 2.24) is 5.32 Å². The maximum absolute atomic E-state index is 12.4. The Morgan fingerprint density at radius 3 is 2.44 bits per heavy atom. The number of rotatable bonds is 9. The fraction of sp³-hybridized carbons (Fsp3) is 0.935. The number of hydrogen-bond donors (Lipinski definition) is 2. The van der Waals surface area contributed by atoms with Crippen molar-refractivity contribution in [2.45, 2.75) is 118 Å². The summed E-state index contributed by atoms with van der Waals surface area (Å²) in [5.41, 5.74) is 0.812. The summed E-state index contributed by atoms with van der Waals surface area (Å²) >= 11 is 0. The molecule has 206 valence electrons. The first-order valence-corrected chi connectivity index (χ1v) is 15.2. The van der Waals surface area contributed by atoms with E-state index in [2.05, 4.69) is 33.0 Å². The molecule has 10 unspecified atom stereocenters. The van der Waals surface area contributed by atoms with E-state index in [0.29, 0.717) is 35.6 Å². The van der Waals surface area contributed by atoms with Crippen LogP contribution in [0.15, 0.2) is 0 Å². The van der Waals surface area contributed by atoms with Crippen LogP contribution in [-0.4, -0.2) is 36.2 Å². The normalized spacial score (nSPS) is 41.4. The van der Waals surface area contributed by atoms with Crippen LogP contribution in [0.1, 0.15) is 112 Å². The van der Waals surface area contributed by atoms with Gasteiger partial charge in [-0.05, 0) is 117 Å². The van der Waals surface area contributed by atoms with Crippen molar-refractivity contribution in [2.75, 3.05) is 13.2 Å². The van der Waals surface area contributed by atoms with Crippen LogP contribution in [0.2, 0.25) is 0 Å². The first-order chi connectivity index (χ1) is 17.1. The molecule has 4 fully saturated rings. The monoisotopic (exact) mass is 503 g/mol. The van der Waals surface area contributed by atoms with E-state index in [1.165, 1.54) is 44.9 Å². The minimum Gasteiger partial charge on any atom is -0.462 e. The number of carbonyl (C=O) groups is 2. The molecule has 36 heavy (non-hydrogen) atoms. The smallest absolute Gasteiger partial charge is 0.308 e. The lowest BCUT2D eigenvalue weighted by Crippen LogP contribution is -2.54. The molecule has 0 heterocycles. The van der Waals surface area contributed by atoms with Crippen LogP contribution in [-0.2, 0) is 14.3 Å². The molecule has 0 aromatic heterocycles. The average molecular weight is 504 g/mol. The fourth-order valence-corrected chi connectivity index (χ4v) is 9.59. The van der Waals surface area contributed by atoms with Gasteiger partial charge in [0, 0.05) is 13.0 Å². The summed E-state index contributed by atoms with van der Waals surface area (Å²) in [7, 11) is 0. The van der Waals surface area contributed by atoms with Crippen LogP contribution >= 0.6 is 0 Å². The third kappa shape index (κ3) is 5.24. The SMILES string of the molecule is CCC(C)C(=O)OC1CCC2(C)C(CCC3C2CCC2(C)C(C(C)CCC(=O)NCCO)CCC32)C1. The maximum atomic E-state index is 12.4. The molecule has 2 N–H and O–H groups in total. The van der Waals surface area contributed by atoms with Gasteiger partial charge in [0.15, 0.2) is 0 Å². The molecule has 0 aliphatic heterocycles. The molecule has 10 atom stereocenters. The van der Waals surface area contributed by atoms with Gasteiger partial charge in [-0.25, -0.2) is 0 Å². The summed E-state index contributed by atoms with van der Waals surface area (Å²) in [4.78, 5) is 24.6. The van der Waals surface area contributed by atoms with Crippen LogP contribution in [0.3, 0.4) is 0 Å². The molecule has 1 amide bonds. The molecule has 5 nitrogen and oxygen atoms in total. The number of hydrogen-bond acceptors (Lipinski definition) is 4. The summed E-state index contributed by atoms with van der Waals surface area (Å²) in [6, 6.07) is 0. The van der Waals surface area contributed by atoms with Crippen molar-refractivity contribution in [3.63, 3.8) is 0 Å². The van der Waals surface area contributed by atoms with Crippen molar-refractivity contribution in [3.8, 4) is 0 Å². The number of ether oxygens (including phenoxy) is 1. The van der Waals surface area contributed by atoms with Crippen LogP contribution < -0.4 is 5.32 Å². The van der Waals surface area contributed by atoms with Gasteiger partial charge in [-0.2, -0.15) is 0 Å². The van der Waals surface area contributed by atoms with Crippen molar-refractivity contribution < 1.29 is 19.4 Å². The molecule has 4 aliphatic rings. The van der Waals surface area contributed by atoms with Gasteiger partial charge < -0.3 is 15.2 Å². The lowest BCUT2D eigenvalue weighted by Gasteiger charge is -2.61. The van der Waals surface area contributed by atoms with Gasteiger partial charge >= 0.3 is 5.97 Å². The largest absolute Gasteiger partial charge is 0.462 e. The number of aliphatic hydroxyl groups excluding tert-OH is 1. The van der Waals surface area contributed by atoms with Crippen LogP contribution in [0.5, 0.6) is 0 Å². The van der Waals surface area contributed by atoms with Gasteiger partial charge in [-0.3, -0.25) is 9.59 Å². The zero-order chi connectivity index (χ0) is 26.1. The van der Waals surface area contributed by atoms with Crippen molar-refractivity contribution in [3.05, 3.63) is 0 Å². The van der Waals surface area contributed by atoms with E-state index in [4.69, 9.17) is 9.84 Å². The molecule has 0 bridgehead atoms. The number of esters is 1. The number of fused-ring (bicyclic) bond motifs is 5. The second kappa shape index (κ2) is 11.3. The highest BCUT2D eigenvalue weighted by Crippen LogP contribution is 2.68. The van der Waals surface area contributed by atoms with E-state index >= 15 is 0 Å². The molecule has 0 aromatic carbocycles. The Morgan fingerprint density at radius 1 is 1.00 bits per heavy atom. The maximum Gasteiger partial charge on any atom is 0.308 e. The summed E-state index contributed by atoms with van der Waals surface area (Å²) in [5.74, 6) is 4.56. The molecule has 4 rings (SSSR count). The quantitative estimate of drug-likeness (QED) is 0.371. The Kier molecular flexibility index (Phi) is 8.79. The molecule has 4 aliphatic carbocycles. The van der Waals surface area contributed by atoms with E-state index in [0.717, 1.165) is 49.4 Å². The third-order valence-corrected chi connectivity index (χ3v) is 11.9. The lowest BCUT2D eigenvalue weighted by atomic mass is 9.44. The van der Waals surface area contributed by atoms with Crippen molar-refractivity contribution in [1.29, 1.82) is 0 Å². The summed E-state index contributed by atoms with van der Waals surface area (Å²) < 4.78 is 5.98. The summed E-state index contributed by atoms with van der Waals surface area (Å²) in [5, 5.41) is 11.8. The summed E-state index contributed by atoms with van der Waals surface area (Å²) in [6.45, 7) is 12.0. The Bertz CT molecular complexity index is 785. The van der Waals surface area contributed by atoms with Gasteiger partial charge in [0.25, 0.3) is 0 Å². The van der Waals surface area contributed by atoms with Crippen LogP contribution in [0.25, 0.3) is 0 Å². The average Bonchev–Trinajstić information content (AvgIpc) is 3.22. The van der Waals surface area contributed by atoms with E-state index in [1.54, 1.807) is 0 Å². The van der Waals surface area contributed by atoms with Gasteiger partial charge in [0.05, 0.1) is 12.5 Å². The minimum atomic E-state index is 0.00483.